The van der Waals surface area contributed by atoms with E-state index in [9.17, 15) is 8.42 Å². The third kappa shape index (κ3) is 2.70. The second-order valence-electron chi connectivity index (χ2n) is 4.94. The lowest BCUT2D eigenvalue weighted by Gasteiger charge is -2.20. The largest absolute Gasteiger partial charge is 0.475 e. The lowest BCUT2D eigenvalue weighted by molar-refractivity contribution is 0.247. The van der Waals surface area contributed by atoms with Crippen molar-refractivity contribution < 1.29 is 17.7 Å². The van der Waals surface area contributed by atoms with E-state index in [1.54, 1.807) is 12.1 Å². The van der Waals surface area contributed by atoms with Crippen molar-refractivity contribution in [2.75, 3.05) is 11.6 Å². The number of benzene rings is 2. The Morgan fingerprint density at radius 2 is 1.68 bits per heavy atom. The van der Waals surface area contributed by atoms with Crippen LogP contribution in [0.3, 0.4) is 0 Å². The highest BCUT2D eigenvalue weighted by Gasteiger charge is 2.24. The van der Waals surface area contributed by atoms with Gasteiger partial charge < -0.3 is 9.64 Å². The van der Waals surface area contributed by atoms with Crippen LogP contribution in [0.4, 0.5) is 5.69 Å². The summed E-state index contributed by atoms with van der Waals surface area (Å²) in [5, 5.41) is 0. The van der Waals surface area contributed by atoms with Gasteiger partial charge >= 0.3 is 0 Å². The number of ether oxygens (including phenoxy) is 1. The number of hydrogen-bond donors (Lipinski definition) is 1. The monoisotopic (exact) mass is 317 g/mol. The van der Waals surface area contributed by atoms with Crippen molar-refractivity contribution in [2.45, 2.75) is 11.8 Å². The average Bonchev–Trinajstić information content (AvgIpc) is 2.89. The Balaban J connectivity index is 2.00. The number of hydrogen-bond acceptors (Lipinski definition) is 4. The number of anilines is 1. The Kier molecular flexibility index (Phi) is 3.64. The van der Waals surface area contributed by atoms with Crippen molar-refractivity contribution in [1.29, 1.82) is 0 Å². The van der Waals surface area contributed by atoms with Crippen molar-refractivity contribution in [1.82, 2.24) is 0 Å². The second-order valence-corrected chi connectivity index (χ2v) is 6.36. The molecule has 2 aromatic rings. The molecule has 114 valence electrons. The molecule has 0 saturated heterocycles. The first-order chi connectivity index (χ1) is 10.5. The standard InChI is InChI=1S/C16H15NO4S/c1-12-16(13-7-9-15(10-8-13)22(18,19)20)17(11-21-12)14-5-3-2-4-6-14/h2-10H,11H2,1H3,(H,18,19,20). The van der Waals surface area contributed by atoms with Crippen LogP contribution in [0, 0.1) is 0 Å². The van der Waals surface area contributed by atoms with Crippen LogP contribution in [0.25, 0.3) is 5.70 Å². The number of rotatable bonds is 3. The van der Waals surface area contributed by atoms with E-state index < -0.39 is 10.1 Å². The molecule has 5 nitrogen and oxygen atoms in total. The zero-order chi connectivity index (χ0) is 15.7. The van der Waals surface area contributed by atoms with Crippen LogP contribution >= 0.6 is 0 Å². The summed E-state index contributed by atoms with van der Waals surface area (Å²) in [7, 11) is -4.18. The van der Waals surface area contributed by atoms with E-state index in [4.69, 9.17) is 9.29 Å². The minimum Gasteiger partial charge on any atom is -0.475 e. The molecule has 2 aromatic carbocycles. The van der Waals surface area contributed by atoms with Gasteiger partial charge in [-0.2, -0.15) is 8.42 Å². The molecule has 0 saturated carbocycles. The third-order valence-electron chi connectivity index (χ3n) is 3.51. The lowest BCUT2D eigenvalue weighted by Crippen LogP contribution is -2.18. The van der Waals surface area contributed by atoms with Gasteiger partial charge in [-0.3, -0.25) is 4.55 Å². The molecule has 3 rings (SSSR count). The minimum absolute atomic E-state index is 0.125. The molecular formula is C16H15NO4S. The van der Waals surface area contributed by atoms with Gasteiger partial charge in [0.05, 0.1) is 10.6 Å². The van der Waals surface area contributed by atoms with Gasteiger partial charge in [0.15, 0.2) is 6.73 Å². The maximum absolute atomic E-state index is 11.1. The number of allylic oxidation sites excluding steroid dienone is 1. The molecule has 0 aromatic heterocycles. The Hall–Kier alpha value is -2.31. The molecule has 0 unspecified atom stereocenters. The van der Waals surface area contributed by atoms with E-state index in [1.165, 1.54) is 12.1 Å². The maximum Gasteiger partial charge on any atom is 0.294 e. The van der Waals surface area contributed by atoms with Crippen molar-refractivity contribution in [3.05, 3.63) is 65.9 Å². The minimum atomic E-state index is -4.18. The van der Waals surface area contributed by atoms with Gasteiger partial charge in [-0.05, 0) is 31.2 Å². The molecule has 0 bridgehead atoms. The van der Waals surface area contributed by atoms with Crippen LogP contribution in [0.1, 0.15) is 12.5 Å². The van der Waals surface area contributed by atoms with Gasteiger partial charge in [-0.25, -0.2) is 0 Å². The molecule has 0 aliphatic carbocycles. The average molecular weight is 317 g/mol. The predicted molar refractivity (Wildman–Crippen MR) is 83.7 cm³/mol. The van der Waals surface area contributed by atoms with Gasteiger partial charge in [0, 0.05) is 11.3 Å². The van der Waals surface area contributed by atoms with Gasteiger partial charge in [-0.15, -0.1) is 0 Å². The Morgan fingerprint density at radius 3 is 2.27 bits per heavy atom. The molecule has 0 fully saturated rings. The first kappa shape index (κ1) is 14.6. The molecule has 6 heteroatoms. The smallest absolute Gasteiger partial charge is 0.294 e. The van der Waals surface area contributed by atoms with Crippen LogP contribution in [-0.4, -0.2) is 19.7 Å². The van der Waals surface area contributed by atoms with Crippen LogP contribution in [0.2, 0.25) is 0 Å². The highest BCUT2D eigenvalue weighted by Crippen LogP contribution is 2.34. The van der Waals surface area contributed by atoms with E-state index in [0.717, 1.165) is 22.7 Å². The second kappa shape index (κ2) is 5.47. The zero-order valence-corrected chi connectivity index (χ0v) is 12.7. The van der Waals surface area contributed by atoms with E-state index in [1.807, 2.05) is 42.2 Å². The summed E-state index contributed by atoms with van der Waals surface area (Å²) in [6.45, 7) is 2.28. The molecule has 0 spiro atoms. The molecular weight excluding hydrogens is 302 g/mol. The molecule has 1 aliphatic rings. The summed E-state index contributed by atoms with van der Waals surface area (Å²) in [6, 6.07) is 15.9. The first-order valence-corrected chi connectivity index (χ1v) is 8.15. The quantitative estimate of drug-likeness (QED) is 0.881. The molecule has 0 amide bonds. The molecule has 0 radical (unpaired) electrons. The van der Waals surface area contributed by atoms with Gasteiger partial charge in [0.25, 0.3) is 10.1 Å². The predicted octanol–water partition coefficient (Wildman–Crippen LogP) is 3.12. The van der Waals surface area contributed by atoms with Crippen molar-refractivity contribution in [3.63, 3.8) is 0 Å². The van der Waals surface area contributed by atoms with Crippen LogP contribution < -0.4 is 4.90 Å². The van der Waals surface area contributed by atoms with Crippen LogP contribution in [0.15, 0.2) is 65.3 Å². The van der Waals surface area contributed by atoms with Crippen molar-refractivity contribution in [2.24, 2.45) is 0 Å². The normalized spacial score (nSPS) is 15.1. The number of para-hydroxylation sites is 1. The first-order valence-electron chi connectivity index (χ1n) is 6.71. The maximum atomic E-state index is 11.1. The molecule has 0 atom stereocenters. The van der Waals surface area contributed by atoms with Gasteiger partial charge in [0.2, 0.25) is 0 Å². The Morgan fingerprint density at radius 1 is 1.05 bits per heavy atom. The fourth-order valence-corrected chi connectivity index (χ4v) is 2.92. The van der Waals surface area contributed by atoms with E-state index in [-0.39, 0.29) is 4.90 Å². The molecule has 1 N–H and O–H groups in total. The van der Waals surface area contributed by atoms with E-state index in [0.29, 0.717) is 6.73 Å². The lowest BCUT2D eigenvalue weighted by atomic mass is 10.1. The Bertz CT molecular complexity index is 811. The summed E-state index contributed by atoms with van der Waals surface area (Å²) in [4.78, 5) is 1.89. The summed E-state index contributed by atoms with van der Waals surface area (Å²) < 4.78 is 36.9. The van der Waals surface area contributed by atoms with Crippen LogP contribution in [-0.2, 0) is 14.9 Å². The van der Waals surface area contributed by atoms with Crippen LogP contribution in [0.5, 0.6) is 0 Å². The fraction of sp³-hybridized carbons (Fsp3) is 0.125. The molecule has 1 heterocycles. The highest BCUT2D eigenvalue weighted by molar-refractivity contribution is 7.85. The summed E-state index contributed by atoms with van der Waals surface area (Å²) in [5.41, 5.74) is 2.70. The Labute approximate surface area is 129 Å². The third-order valence-corrected chi connectivity index (χ3v) is 4.37. The fourth-order valence-electron chi connectivity index (χ4n) is 2.44. The molecule has 22 heavy (non-hydrogen) atoms. The highest BCUT2D eigenvalue weighted by atomic mass is 32.2. The number of nitrogens with zero attached hydrogens (tertiary/aromatic N) is 1. The van der Waals surface area contributed by atoms with E-state index in [2.05, 4.69) is 0 Å². The SMILES string of the molecule is CC1=C(c2ccc(S(=O)(=O)O)cc2)N(c2ccccc2)CO1. The molecule has 1 aliphatic heterocycles. The van der Waals surface area contributed by atoms with Crippen molar-refractivity contribution in [3.8, 4) is 0 Å². The summed E-state index contributed by atoms with van der Waals surface area (Å²) >= 11 is 0. The summed E-state index contributed by atoms with van der Waals surface area (Å²) in [6.07, 6.45) is 0. The zero-order valence-electron chi connectivity index (χ0n) is 11.9. The van der Waals surface area contributed by atoms with Gasteiger partial charge in [-0.1, -0.05) is 30.3 Å². The topological polar surface area (TPSA) is 66.8 Å². The van der Waals surface area contributed by atoms with E-state index >= 15 is 0 Å². The van der Waals surface area contributed by atoms with Crippen molar-refractivity contribution >= 4 is 21.5 Å². The summed E-state index contributed by atoms with van der Waals surface area (Å²) in [5.74, 6) is 0.767. The van der Waals surface area contributed by atoms with Gasteiger partial charge in [0.1, 0.15) is 5.76 Å².